The van der Waals surface area contributed by atoms with E-state index in [4.69, 9.17) is 0 Å². The SMILES string of the molecule is CCNCc1cccc(NC(=O)C2CCCN2S(=O)(=O)c2ccccc2)c1. The van der Waals surface area contributed by atoms with Gasteiger partial charge in [-0.2, -0.15) is 4.31 Å². The summed E-state index contributed by atoms with van der Waals surface area (Å²) in [5.41, 5.74) is 1.74. The van der Waals surface area contributed by atoms with Crippen molar-refractivity contribution in [2.75, 3.05) is 18.4 Å². The van der Waals surface area contributed by atoms with E-state index in [9.17, 15) is 13.2 Å². The van der Waals surface area contributed by atoms with Gasteiger partial charge in [-0.3, -0.25) is 4.79 Å². The third-order valence-electron chi connectivity index (χ3n) is 4.63. The molecule has 1 atom stereocenters. The molecule has 1 fully saturated rings. The molecule has 1 unspecified atom stereocenters. The number of nitrogens with one attached hydrogen (secondary N) is 2. The van der Waals surface area contributed by atoms with Gasteiger partial charge in [-0.15, -0.1) is 0 Å². The Bertz CT molecular complexity index is 884. The lowest BCUT2D eigenvalue weighted by Gasteiger charge is -2.23. The van der Waals surface area contributed by atoms with Crippen molar-refractivity contribution in [2.24, 2.45) is 0 Å². The largest absolute Gasteiger partial charge is 0.325 e. The number of nitrogens with zero attached hydrogens (tertiary/aromatic N) is 1. The van der Waals surface area contributed by atoms with E-state index in [2.05, 4.69) is 10.6 Å². The fourth-order valence-electron chi connectivity index (χ4n) is 3.27. The van der Waals surface area contributed by atoms with Crippen LogP contribution in [0.1, 0.15) is 25.3 Å². The number of hydrogen-bond donors (Lipinski definition) is 2. The highest BCUT2D eigenvalue weighted by molar-refractivity contribution is 7.89. The van der Waals surface area contributed by atoms with Gasteiger partial charge in [-0.25, -0.2) is 8.42 Å². The maximum absolute atomic E-state index is 12.9. The average molecular weight is 388 g/mol. The number of amides is 1. The van der Waals surface area contributed by atoms with Gasteiger partial charge in [0, 0.05) is 18.8 Å². The van der Waals surface area contributed by atoms with Gasteiger partial charge in [0.15, 0.2) is 0 Å². The van der Waals surface area contributed by atoms with E-state index in [-0.39, 0.29) is 10.8 Å². The Morgan fingerprint density at radius 3 is 2.67 bits per heavy atom. The van der Waals surface area contributed by atoms with Gasteiger partial charge >= 0.3 is 0 Å². The molecule has 7 heteroatoms. The molecule has 0 bridgehead atoms. The van der Waals surface area contributed by atoms with Crippen molar-refractivity contribution in [2.45, 2.75) is 37.2 Å². The molecule has 6 nitrogen and oxygen atoms in total. The van der Waals surface area contributed by atoms with Crippen molar-refractivity contribution in [3.05, 3.63) is 60.2 Å². The Kier molecular flexibility index (Phi) is 6.26. The molecule has 1 aliphatic heterocycles. The minimum atomic E-state index is -3.68. The van der Waals surface area contributed by atoms with Gasteiger partial charge in [0.25, 0.3) is 0 Å². The molecule has 0 aromatic heterocycles. The number of carbonyl (C=O) groups is 1. The van der Waals surface area contributed by atoms with Crippen molar-refractivity contribution in [1.82, 2.24) is 9.62 Å². The molecule has 0 radical (unpaired) electrons. The van der Waals surface area contributed by atoms with Crippen LogP contribution in [-0.2, 0) is 21.4 Å². The van der Waals surface area contributed by atoms with Gasteiger partial charge in [-0.05, 0) is 49.2 Å². The van der Waals surface area contributed by atoms with Crippen molar-refractivity contribution in [3.8, 4) is 0 Å². The van der Waals surface area contributed by atoms with Crippen LogP contribution in [0.4, 0.5) is 5.69 Å². The Morgan fingerprint density at radius 2 is 1.93 bits per heavy atom. The summed E-state index contributed by atoms with van der Waals surface area (Å²) in [6, 6.07) is 15.2. The van der Waals surface area contributed by atoms with Gasteiger partial charge in [0.05, 0.1) is 4.90 Å². The molecule has 1 aliphatic rings. The summed E-state index contributed by atoms with van der Waals surface area (Å²) in [5.74, 6) is -0.285. The summed E-state index contributed by atoms with van der Waals surface area (Å²) in [6.07, 6.45) is 1.19. The Hall–Kier alpha value is -2.22. The molecular weight excluding hydrogens is 362 g/mol. The van der Waals surface area contributed by atoms with Gasteiger partial charge < -0.3 is 10.6 Å². The molecular formula is C20H25N3O3S. The first kappa shape index (κ1) is 19.5. The van der Waals surface area contributed by atoms with Gasteiger partial charge in [-0.1, -0.05) is 37.3 Å². The van der Waals surface area contributed by atoms with E-state index >= 15 is 0 Å². The number of benzene rings is 2. The van der Waals surface area contributed by atoms with E-state index in [1.54, 1.807) is 30.3 Å². The van der Waals surface area contributed by atoms with Crippen LogP contribution in [0.3, 0.4) is 0 Å². The molecule has 1 saturated heterocycles. The third-order valence-corrected chi connectivity index (χ3v) is 6.55. The van der Waals surface area contributed by atoms with Crippen LogP contribution in [0.15, 0.2) is 59.5 Å². The monoisotopic (exact) mass is 387 g/mol. The number of hydrogen-bond acceptors (Lipinski definition) is 4. The highest BCUT2D eigenvalue weighted by Crippen LogP contribution is 2.27. The molecule has 27 heavy (non-hydrogen) atoms. The Morgan fingerprint density at radius 1 is 1.15 bits per heavy atom. The summed E-state index contributed by atoms with van der Waals surface area (Å²) in [4.78, 5) is 13.0. The lowest BCUT2D eigenvalue weighted by molar-refractivity contribution is -0.119. The summed E-state index contributed by atoms with van der Waals surface area (Å²) in [5, 5.41) is 6.13. The fraction of sp³-hybridized carbons (Fsp3) is 0.350. The molecule has 2 aromatic rings. The Labute approximate surface area is 160 Å². The number of rotatable bonds is 7. The zero-order valence-corrected chi connectivity index (χ0v) is 16.2. The van der Waals surface area contributed by atoms with Crippen LogP contribution in [0, 0.1) is 0 Å². The van der Waals surface area contributed by atoms with E-state index in [0.717, 1.165) is 18.7 Å². The normalized spacial score (nSPS) is 17.7. The summed E-state index contributed by atoms with van der Waals surface area (Å²) in [6.45, 7) is 3.98. The third kappa shape index (κ3) is 4.55. The van der Waals surface area contributed by atoms with Crippen LogP contribution in [0.25, 0.3) is 0 Å². The topological polar surface area (TPSA) is 78.5 Å². The molecule has 0 saturated carbocycles. The fourth-order valence-corrected chi connectivity index (χ4v) is 4.95. The first-order chi connectivity index (χ1) is 13.0. The first-order valence-corrected chi connectivity index (χ1v) is 10.6. The van der Waals surface area contributed by atoms with Gasteiger partial charge in [0.2, 0.25) is 15.9 Å². The number of sulfonamides is 1. The standard InChI is InChI=1S/C20H25N3O3S/c1-2-21-15-16-8-6-9-17(14-16)22-20(24)19-12-7-13-23(19)27(25,26)18-10-4-3-5-11-18/h3-6,8-11,14,19,21H,2,7,12-13,15H2,1H3,(H,22,24). The zero-order chi connectivity index (χ0) is 19.3. The van der Waals surface area contributed by atoms with Crippen molar-refractivity contribution < 1.29 is 13.2 Å². The minimum Gasteiger partial charge on any atom is -0.325 e. The summed E-state index contributed by atoms with van der Waals surface area (Å²) in [7, 11) is -3.68. The smallest absolute Gasteiger partial charge is 0.243 e. The molecule has 3 rings (SSSR count). The number of anilines is 1. The van der Waals surface area contributed by atoms with Crippen LogP contribution >= 0.6 is 0 Å². The van der Waals surface area contributed by atoms with Crippen molar-refractivity contribution in [3.63, 3.8) is 0 Å². The van der Waals surface area contributed by atoms with Crippen molar-refractivity contribution >= 4 is 21.6 Å². The Balaban J connectivity index is 1.74. The number of carbonyl (C=O) groups excluding carboxylic acids is 1. The first-order valence-electron chi connectivity index (χ1n) is 9.20. The second kappa shape index (κ2) is 8.65. The molecule has 0 aliphatic carbocycles. The van der Waals surface area contributed by atoms with E-state index in [1.807, 2.05) is 31.2 Å². The molecule has 1 amide bonds. The van der Waals surface area contributed by atoms with Crippen molar-refractivity contribution in [1.29, 1.82) is 0 Å². The second-order valence-electron chi connectivity index (χ2n) is 6.56. The molecule has 1 heterocycles. The van der Waals surface area contributed by atoms with Gasteiger partial charge in [0.1, 0.15) is 6.04 Å². The quantitative estimate of drug-likeness (QED) is 0.765. The summed E-state index contributed by atoms with van der Waals surface area (Å²) >= 11 is 0. The van der Waals surface area contributed by atoms with Crippen LogP contribution in [0.2, 0.25) is 0 Å². The highest BCUT2D eigenvalue weighted by atomic mass is 32.2. The van der Waals surface area contributed by atoms with Crippen LogP contribution in [0.5, 0.6) is 0 Å². The average Bonchev–Trinajstić information content (AvgIpc) is 3.18. The maximum Gasteiger partial charge on any atom is 0.243 e. The second-order valence-corrected chi connectivity index (χ2v) is 8.45. The summed E-state index contributed by atoms with van der Waals surface area (Å²) < 4.78 is 27.1. The predicted octanol–water partition coefficient (Wildman–Crippen LogP) is 2.59. The molecule has 144 valence electrons. The lowest BCUT2D eigenvalue weighted by Crippen LogP contribution is -2.43. The predicted molar refractivity (Wildman–Crippen MR) is 106 cm³/mol. The van der Waals surface area contributed by atoms with E-state index < -0.39 is 16.1 Å². The minimum absolute atomic E-state index is 0.220. The highest BCUT2D eigenvalue weighted by Gasteiger charge is 2.39. The van der Waals surface area contributed by atoms with E-state index in [1.165, 1.54) is 4.31 Å². The lowest BCUT2D eigenvalue weighted by atomic mass is 10.1. The van der Waals surface area contributed by atoms with Crippen LogP contribution < -0.4 is 10.6 Å². The maximum atomic E-state index is 12.9. The molecule has 2 N–H and O–H groups in total. The molecule has 2 aromatic carbocycles. The zero-order valence-electron chi connectivity index (χ0n) is 15.4. The van der Waals surface area contributed by atoms with E-state index in [0.29, 0.717) is 25.1 Å². The molecule has 0 spiro atoms. The van der Waals surface area contributed by atoms with Crippen LogP contribution in [-0.4, -0.2) is 37.8 Å².